The summed E-state index contributed by atoms with van der Waals surface area (Å²) in [5.74, 6) is 0.490. The lowest BCUT2D eigenvalue weighted by molar-refractivity contribution is -0.113. The zero-order valence-corrected chi connectivity index (χ0v) is 20.1. The van der Waals surface area contributed by atoms with Gasteiger partial charge < -0.3 is 15.5 Å². The standard InChI is InChI=1S/C24H25ClN6O2S/c25-16-6-5-7-18(14-16)31-23(30-12-3-4-13-30)28-29-24(31)34-15-21(32)27-20-9-2-1-8-19(20)22(33)26-17-10-11-17/h1-2,5-9,14,17H,3-4,10-13,15H2,(H,26,33)(H,27,32). The number of nitrogens with zero attached hydrogens (tertiary/aromatic N) is 4. The van der Waals surface area contributed by atoms with E-state index in [1.54, 1.807) is 24.3 Å². The first-order valence-corrected chi connectivity index (χ1v) is 12.7. The van der Waals surface area contributed by atoms with E-state index in [2.05, 4.69) is 25.7 Å². The Morgan fingerprint density at radius 2 is 1.85 bits per heavy atom. The van der Waals surface area contributed by atoms with Crippen LogP contribution in [0.5, 0.6) is 0 Å². The number of rotatable bonds is 8. The summed E-state index contributed by atoms with van der Waals surface area (Å²) in [6, 6.07) is 14.8. The molecule has 0 radical (unpaired) electrons. The maximum atomic E-state index is 12.8. The minimum atomic E-state index is -0.222. The van der Waals surface area contributed by atoms with Crippen LogP contribution >= 0.6 is 23.4 Å². The fourth-order valence-corrected chi connectivity index (χ4v) is 4.85. The van der Waals surface area contributed by atoms with Crippen molar-refractivity contribution < 1.29 is 9.59 Å². The predicted octanol–water partition coefficient (Wildman–Crippen LogP) is 4.14. The number of aromatic nitrogens is 3. The van der Waals surface area contributed by atoms with Crippen molar-refractivity contribution in [3.63, 3.8) is 0 Å². The average Bonchev–Trinajstić information content (AvgIpc) is 3.31. The van der Waals surface area contributed by atoms with Gasteiger partial charge in [0.25, 0.3) is 5.91 Å². The van der Waals surface area contributed by atoms with E-state index in [1.807, 2.05) is 28.8 Å². The van der Waals surface area contributed by atoms with Gasteiger partial charge in [-0.05, 0) is 56.0 Å². The average molecular weight is 497 g/mol. The molecule has 1 aromatic heterocycles. The van der Waals surface area contributed by atoms with Crippen molar-refractivity contribution in [2.75, 3.05) is 29.1 Å². The van der Waals surface area contributed by atoms with Gasteiger partial charge in [-0.3, -0.25) is 14.2 Å². The summed E-state index contributed by atoms with van der Waals surface area (Å²) >= 11 is 7.54. The molecule has 5 rings (SSSR count). The number of amides is 2. The molecule has 2 amide bonds. The first-order chi connectivity index (χ1) is 16.6. The fourth-order valence-electron chi connectivity index (χ4n) is 3.92. The lowest BCUT2D eigenvalue weighted by Crippen LogP contribution is -2.27. The molecule has 10 heteroatoms. The summed E-state index contributed by atoms with van der Waals surface area (Å²) in [4.78, 5) is 27.5. The monoisotopic (exact) mass is 496 g/mol. The van der Waals surface area contributed by atoms with Gasteiger partial charge in [0, 0.05) is 24.2 Å². The van der Waals surface area contributed by atoms with Gasteiger partial charge in [-0.2, -0.15) is 0 Å². The molecule has 0 spiro atoms. The van der Waals surface area contributed by atoms with E-state index in [0.717, 1.165) is 50.4 Å². The van der Waals surface area contributed by atoms with E-state index < -0.39 is 0 Å². The van der Waals surface area contributed by atoms with Crippen LogP contribution in [-0.2, 0) is 4.79 Å². The Morgan fingerprint density at radius 1 is 1.06 bits per heavy atom. The maximum absolute atomic E-state index is 12.8. The summed E-state index contributed by atoms with van der Waals surface area (Å²) < 4.78 is 1.95. The summed E-state index contributed by atoms with van der Waals surface area (Å²) in [6.07, 6.45) is 4.23. The van der Waals surface area contributed by atoms with Crippen LogP contribution in [0.3, 0.4) is 0 Å². The quantitative estimate of drug-likeness (QED) is 0.455. The highest BCUT2D eigenvalue weighted by Gasteiger charge is 2.26. The van der Waals surface area contributed by atoms with Gasteiger partial charge in [-0.15, -0.1) is 10.2 Å². The van der Waals surface area contributed by atoms with Crippen LogP contribution in [0.25, 0.3) is 5.69 Å². The second-order valence-electron chi connectivity index (χ2n) is 8.42. The van der Waals surface area contributed by atoms with Crippen LogP contribution in [0.4, 0.5) is 11.6 Å². The molecular weight excluding hydrogens is 472 g/mol. The maximum Gasteiger partial charge on any atom is 0.253 e. The summed E-state index contributed by atoms with van der Waals surface area (Å²) in [5, 5.41) is 15.9. The Morgan fingerprint density at radius 3 is 2.62 bits per heavy atom. The van der Waals surface area contributed by atoms with Crippen molar-refractivity contribution in [3.05, 3.63) is 59.1 Å². The molecule has 8 nitrogen and oxygen atoms in total. The second kappa shape index (κ2) is 10.1. The van der Waals surface area contributed by atoms with Gasteiger partial charge in [0.05, 0.1) is 22.7 Å². The smallest absolute Gasteiger partial charge is 0.253 e. The first-order valence-electron chi connectivity index (χ1n) is 11.4. The minimum Gasteiger partial charge on any atom is -0.349 e. The normalized spacial score (nSPS) is 15.4. The number of thioether (sulfide) groups is 1. The largest absolute Gasteiger partial charge is 0.349 e. The Labute approximate surface area is 207 Å². The third kappa shape index (κ3) is 5.20. The molecule has 2 heterocycles. The zero-order valence-electron chi connectivity index (χ0n) is 18.5. The number of halogens is 1. The first kappa shape index (κ1) is 22.7. The molecule has 0 atom stereocenters. The molecule has 2 N–H and O–H groups in total. The lowest BCUT2D eigenvalue weighted by Gasteiger charge is -2.18. The molecule has 1 aliphatic carbocycles. The molecule has 34 heavy (non-hydrogen) atoms. The summed E-state index contributed by atoms with van der Waals surface area (Å²) in [7, 11) is 0. The van der Waals surface area contributed by atoms with Crippen molar-refractivity contribution in [1.29, 1.82) is 0 Å². The van der Waals surface area contributed by atoms with Crippen LogP contribution in [0.15, 0.2) is 53.7 Å². The third-order valence-electron chi connectivity index (χ3n) is 5.76. The summed E-state index contributed by atoms with van der Waals surface area (Å²) in [5.41, 5.74) is 1.82. The van der Waals surface area contributed by atoms with Gasteiger partial charge in [0.1, 0.15) is 0 Å². The highest BCUT2D eigenvalue weighted by molar-refractivity contribution is 7.99. The molecule has 2 aliphatic rings. The number of hydrogen-bond acceptors (Lipinski definition) is 6. The zero-order chi connectivity index (χ0) is 23.5. The van der Waals surface area contributed by atoms with Crippen molar-refractivity contribution in [3.8, 4) is 5.69 Å². The number of carbonyl (C=O) groups excluding carboxylic acids is 2. The van der Waals surface area contributed by atoms with E-state index >= 15 is 0 Å². The van der Waals surface area contributed by atoms with E-state index in [1.165, 1.54) is 11.8 Å². The third-order valence-corrected chi connectivity index (χ3v) is 6.93. The molecule has 1 saturated carbocycles. The molecule has 2 aromatic carbocycles. The van der Waals surface area contributed by atoms with Crippen molar-refractivity contribution in [1.82, 2.24) is 20.1 Å². The molecule has 176 valence electrons. The lowest BCUT2D eigenvalue weighted by atomic mass is 10.1. The molecule has 1 aliphatic heterocycles. The number of carbonyl (C=O) groups is 2. The van der Waals surface area contributed by atoms with Crippen LogP contribution in [0.1, 0.15) is 36.0 Å². The second-order valence-corrected chi connectivity index (χ2v) is 9.80. The van der Waals surface area contributed by atoms with Crippen molar-refractivity contribution in [2.45, 2.75) is 36.9 Å². The number of anilines is 2. The highest BCUT2D eigenvalue weighted by Crippen LogP contribution is 2.30. The predicted molar refractivity (Wildman–Crippen MR) is 134 cm³/mol. The van der Waals surface area contributed by atoms with Gasteiger partial charge in [-0.1, -0.05) is 41.6 Å². The molecule has 0 bridgehead atoms. The van der Waals surface area contributed by atoms with E-state index in [0.29, 0.717) is 21.4 Å². The SMILES string of the molecule is O=C(CSc1nnc(N2CCCC2)n1-c1cccc(Cl)c1)Nc1ccccc1C(=O)NC1CC1. The molecule has 1 saturated heterocycles. The van der Waals surface area contributed by atoms with E-state index in [4.69, 9.17) is 11.6 Å². The van der Waals surface area contributed by atoms with Crippen LogP contribution < -0.4 is 15.5 Å². The molecule has 0 unspecified atom stereocenters. The van der Waals surface area contributed by atoms with E-state index in [-0.39, 0.29) is 23.6 Å². The van der Waals surface area contributed by atoms with Crippen molar-refractivity contribution >= 4 is 46.8 Å². The Balaban J connectivity index is 1.32. The molecule has 2 fully saturated rings. The topological polar surface area (TPSA) is 92.2 Å². The number of hydrogen-bond donors (Lipinski definition) is 2. The number of nitrogens with one attached hydrogen (secondary N) is 2. The number of para-hydroxylation sites is 1. The Hall–Kier alpha value is -3.04. The van der Waals surface area contributed by atoms with Crippen LogP contribution in [-0.4, -0.2) is 51.5 Å². The van der Waals surface area contributed by atoms with Crippen LogP contribution in [0.2, 0.25) is 5.02 Å². The minimum absolute atomic E-state index is 0.122. The van der Waals surface area contributed by atoms with E-state index in [9.17, 15) is 9.59 Å². The fraction of sp³-hybridized carbons (Fsp3) is 0.333. The Bertz CT molecular complexity index is 1210. The molecular formula is C24H25ClN6O2S. The van der Waals surface area contributed by atoms with Gasteiger partial charge in [0.15, 0.2) is 5.16 Å². The van der Waals surface area contributed by atoms with Crippen LogP contribution in [0, 0.1) is 0 Å². The number of benzene rings is 2. The van der Waals surface area contributed by atoms with Gasteiger partial charge in [0.2, 0.25) is 11.9 Å². The molecule has 3 aromatic rings. The van der Waals surface area contributed by atoms with Gasteiger partial charge >= 0.3 is 0 Å². The highest BCUT2D eigenvalue weighted by atomic mass is 35.5. The van der Waals surface area contributed by atoms with Crippen molar-refractivity contribution in [2.24, 2.45) is 0 Å². The summed E-state index contributed by atoms with van der Waals surface area (Å²) in [6.45, 7) is 1.84. The van der Waals surface area contributed by atoms with Gasteiger partial charge in [-0.25, -0.2) is 0 Å². The Kier molecular flexibility index (Phi) is 6.73.